The van der Waals surface area contributed by atoms with E-state index in [9.17, 15) is 14.4 Å². The lowest BCUT2D eigenvalue weighted by Gasteiger charge is -2.14. The Labute approximate surface area is 137 Å². The molecule has 7 heteroatoms. The molecule has 0 saturated heterocycles. The molecule has 0 aliphatic rings. The molecule has 0 bridgehead atoms. The average Bonchev–Trinajstić information content (AvgIpc) is 2.48. The first-order chi connectivity index (χ1) is 11.0. The van der Waals surface area contributed by atoms with Crippen molar-refractivity contribution in [2.75, 3.05) is 6.54 Å². The van der Waals surface area contributed by atoms with E-state index in [2.05, 4.69) is 5.32 Å². The van der Waals surface area contributed by atoms with Crippen LogP contribution in [0.2, 0.25) is 0 Å². The summed E-state index contributed by atoms with van der Waals surface area (Å²) in [6, 6.07) is -0.823. The maximum Gasteiger partial charge on any atom is 0.326 e. The van der Waals surface area contributed by atoms with Crippen molar-refractivity contribution in [3.63, 3.8) is 0 Å². The monoisotopic (exact) mass is 330 g/mol. The number of carboxylic acid groups (broad SMARTS) is 2. The molecule has 0 saturated carbocycles. The van der Waals surface area contributed by atoms with Crippen LogP contribution in [0.4, 0.5) is 0 Å². The van der Waals surface area contributed by atoms with Crippen LogP contribution in [0.5, 0.6) is 0 Å². The summed E-state index contributed by atoms with van der Waals surface area (Å²) in [6.45, 7) is 0.594. The second-order valence-electron chi connectivity index (χ2n) is 5.76. The summed E-state index contributed by atoms with van der Waals surface area (Å²) < 4.78 is 0. The molecule has 0 aromatic rings. The Balaban J connectivity index is 3.74. The van der Waals surface area contributed by atoms with Crippen LogP contribution in [-0.2, 0) is 14.4 Å². The van der Waals surface area contributed by atoms with Gasteiger partial charge < -0.3 is 21.3 Å². The molecule has 0 aromatic heterocycles. The molecule has 0 rings (SSSR count). The van der Waals surface area contributed by atoms with Crippen LogP contribution in [-0.4, -0.2) is 40.6 Å². The lowest BCUT2D eigenvalue weighted by molar-refractivity contribution is -0.142. The zero-order chi connectivity index (χ0) is 17.5. The van der Waals surface area contributed by atoms with Crippen LogP contribution in [0.3, 0.4) is 0 Å². The van der Waals surface area contributed by atoms with Crippen LogP contribution in [0.1, 0.15) is 70.6 Å². The molecule has 5 N–H and O–H groups in total. The second kappa shape index (κ2) is 14.0. The highest BCUT2D eigenvalue weighted by Crippen LogP contribution is 2.08. The van der Waals surface area contributed by atoms with E-state index in [-0.39, 0.29) is 12.3 Å². The number of carbonyl (C=O) groups excluding carboxylic acids is 1. The molecule has 0 fully saturated rings. The number of nitrogens with two attached hydrogens (primary N) is 1. The van der Waals surface area contributed by atoms with Gasteiger partial charge in [-0.15, -0.1) is 0 Å². The molecule has 0 aliphatic heterocycles. The first-order valence-electron chi connectivity index (χ1n) is 8.41. The zero-order valence-corrected chi connectivity index (χ0v) is 13.8. The van der Waals surface area contributed by atoms with Crippen LogP contribution >= 0.6 is 0 Å². The number of hydrogen-bond acceptors (Lipinski definition) is 4. The Morgan fingerprint density at radius 3 is 1.96 bits per heavy atom. The van der Waals surface area contributed by atoms with Gasteiger partial charge in [0.2, 0.25) is 5.91 Å². The summed E-state index contributed by atoms with van der Waals surface area (Å²) in [7, 11) is 0. The van der Waals surface area contributed by atoms with Gasteiger partial charge in [0.25, 0.3) is 0 Å². The lowest BCUT2D eigenvalue weighted by atomic mass is 10.1. The third-order valence-electron chi connectivity index (χ3n) is 3.62. The van der Waals surface area contributed by atoms with Crippen molar-refractivity contribution >= 4 is 17.8 Å². The van der Waals surface area contributed by atoms with Crippen LogP contribution in [0.25, 0.3) is 0 Å². The molecule has 0 unspecified atom stereocenters. The molecule has 134 valence electrons. The SMILES string of the molecule is NCCCCC[C@H](NC(=O)CCCCCCCC(=O)O)C(=O)O. The van der Waals surface area contributed by atoms with E-state index in [1.54, 1.807) is 0 Å². The Morgan fingerprint density at radius 1 is 0.826 bits per heavy atom. The Kier molecular flexibility index (Phi) is 13.0. The summed E-state index contributed by atoms with van der Waals surface area (Å²) in [5.74, 6) is -2.02. The molecule has 0 spiro atoms. The Morgan fingerprint density at radius 2 is 1.39 bits per heavy atom. The predicted molar refractivity (Wildman–Crippen MR) is 87.0 cm³/mol. The van der Waals surface area contributed by atoms with Crippen LogP contribution in [0.15, 0.2) is 0 Å². The van der Waals surface area contributed by atoms with Crippen molar-refractivity contribution in [1.29, 1.82) is 0 Å². The standard InChI is InChI=1S/C16H30N2O5/c17-12-8-4-5-9-13(16(22)23)18-14(19)10-6-2-1-3-7-11-15(20)21/h13H,1-12,17H2,(H,18,19)(H,20,21)(H,22,23)/t13-/m0/s1. The molecular formula is C16H30N2O5. The molecule has 7 nitrogen and oxygen atoms in total. The minimum absolute atomic E-state index is 0.185. The molecule has 1 amide bonds. The van der Waals surface area contributed by atoms with E-state index < -0.39 is 18.0 Å². The number of carbonyl (C=O) groups is 3. The highest BCUT2D eigenvalue weighted by Gasteiger charge is 2.18. The fourth-order valence-electron chi connectivity index (χ4n) is 2.29. The second-order valence-corrected chi connectivity index (χ2v) is 5.76. The Hall–Kier alpha value is -1.63. The number of unbranched alkanes of at least 4 members (excludes halogenated alkanes) is 6. The lowest BCUT2D eigenvalue weighted by Crippen LogP contribution is -2.40. The number of hydrogen-bond donors (Lipinski definition) is 4. The normalized spacial score (nSPS) is 11.9. The van der Waals surface area contributed by atoms with Gasteiger partial charge in [0.05, 0.1) is 0 Å². The summed E-state index contributed by atoms with van der Waals surface area (Å²) >= 11 is 0. The minimum atomic E-state index is -1.00. The number of carboxylic acids is 2. The molecule has 0 heterocycles. The average molecular weight is 330 g/mol. The third-order valence-corrected chi connectivity index (χ3v) is 3.62. The van der Waals surface area contributed by atoms with Crippen molar-refractivity contribution in [3.8, 4) is 0 Å². The first-order valence-corrected chi connectivity index (χ1v) is 8.41. The highest BCUT2D eigenvalue weighted by molar-refractivity contribution is 5.83. The fourth-order valence-corrected chi connectivity index (χ4v) is 2.29. The maximum absolute atomic E-state index is 11.8. The van der Waals surface area contributed by atoms with E-state index in [0.717, 1.165) is 38.5 Å². The number of nitrogens with one attached hydrogen (secondary N) is 1. The smallest absolute Gasteiger partial charge is 0.326 e. The van der Waals surface area contributed by atoms with Crippen molar-refractivity contribution in [1.82, 2.24) is 5.32 Å². The summed E-state index contributed by atoms with van der Waals surface area (Å²) in [4.78, 5) is 33.2. The number of aliphatic carboxylic acids is 2. The van der Waals surface area contributed by atoms with Gasteiger partial charge in [0.1, 0.15) is 6.04 Å². The Bertz CT molecular complexity index is 360. The summed E-state index contributed by atoms with van der Waals surface area (Å²) in [5, 5.41) is 20.2. The highest BCUT2D eigenvalue weighted by atomic mass is 16.4. The third kappa shape index (κ3) is 13.7. The number of amides is 1. The summed E-state index contributed by atoms with van der Waals surface area (Å²) in [5.41, 5.74) is 5.38. The van der Waals surface area contributed by atoms with Crippen molar-refractivity contribution in [3.05, 3.63) is 0 Å². The van der Waals surface area contributed by atoms with Gasteiger partial charge in [-0.3, -0.25) is 9.59 Å². The van der Waals surface area contributed by atoms with E-state index in [1.807, 2.05) is 0 Å². The van der Waals surface area contributed by atoms with Gasteiger partial charge in [0, 0.05) is 12.8 Å². The largest absolute Gasteiger partial charge is 0.481 e. The molecule has 23 heavy (non-hydrogen) atoms. The van der Waals surface area contributed by atoms with Crippen LogP contribution < -0.4 is 11.1 Å². The van der Waals surface area contributed by atoms with Crippen molar-refractivity contribution < 1.29 is 24.6 Å². The predicted octanol–water partition coefficient (Wildman–Crippen LogP) is 1.89. The zero-order valence-electron chi connectivity index (χ0n) is 13.8. The van der Waals surface area contributed by atoms with Gasteiger partial charge in [-0.05, 0) is 32.2 Å². The molecular weight excluding hydrogens is 300 g/mol. The van der Waals surface area contributed by atoms with Gasteiger partial charge >= 0.3 is 11.9 Å². The van der Waals surface area contributed by atoms with Gasteiger partial charge in [-0.25, -0.2) is 4.79 Å². The maximum atomic E-state index is 11.8. The molecule has 0 radical (unpaired) electrons. The van der Waals surface area contributed by atoms with E-state index in [0.29, 0.717) is 32.2 Å². The van der Waals surface area contributed by atoms with Crippen molar-refractivity contribution in [2.24, 2.45) is 5.73 Å². The molecule has 0 aliphatic carbocycles. The van der Waals surface area contributed by atoms with Gasteiger partial charge in [0.15, 0.2) is 0 Å². The van der Waals surface area contributed by atoms with E-state index >= 15 is 0 Å². The van der Waals surface area contributed by atoms with E-state index in [1.165, 1.54) is 0 Å². The quantitative estimate of drug-likeness (QED) is 0.339. The molecule has 1 atom stereocenters. The fraction of sp³-hybridized carbons (Fsp3) is 0.812. The van der Waals surface area contributed by atoms with Gasteiger partial charge in [-0.1, -0.05) is 32.1 Å². The first kappa shape index (κ1) is 21.4. The van der Waals surface area contributed by atoms with Crippen molar-refractivity contribution in [2.45, 2.75) is 76.7 Å². The van der Waals surface area contributed by atoms with Gasteiger partial charge in [-0.2, -0.15) is 0 Å². The number of rotatable bonds is 15. The van der Waals surface area contributed by atoms with Crippen LogP contribution in [0, 0.1) is 0 Å². The van der Waals surface area contributed by atoms with E-state index in [4.69, 9.17) is 15.9 Å². The molecule has 0 aromatic carbocycles. The summed E-state index contributed by atoms with van der Waals surface area (Å²) in [6.07, 6.45) is 7.32. The topological polar surface area (TPSA) is 130 Å². The minimum Gasteiger partial charge on any atom is -0.481 e.